The highest BCUT2D eigenvalue weighted by atomic mass is 19.1. The van der Waals surface area contributed by atoms with Gasteiger partial charge in [0.25, 0.3) is 0 Å². The van der Waals surface area contributed by atoms with Gasteiger partial charge in [-0.25, -0.2) is 9.18 Å². The Balaban J connectivity index is 2.18. The number of ether oxygens (including phenoxy) is 2. The standard InChI is InChI=1S/C20H22FNO4/c1-11(2)18-19(26-20(24)25-3)16(12-7-9-13(21)10-8-12)17-14(22-18)5-4-6-15(17)23/h7-11,16,22H,4-6H2,1-3H3. The van der Waals surface area contributed by atoms with Crippen LogP contribution >= 0.6 is 0 Å². The monoisotopic (exact) mass is 359 g/mol. The number of benzene rings is 1. The first-order valence-electron chi connectivity index (χ1n) is 8.71. The number of Topliss-reactive ketones (excluding diaryl/α,β-unsaturated/α-hetero) is 1. The normalized spacial score (nSPS) is 20.0. The van der Waals surface area contributed by atoms with E-state index in [-0.39, 0.29) is 17.5 Å². The molecule has 0 amide bonds. The van der Waals surface area contributed by atoms with E-state index in [1.807, 2.05) is 13.8 Å². The van der Waals surface area contributed by atoms with Gasteiger partial charge in [0.15, 0.2) is 5.78 Å². The molecule has 0 spiro atoms. The zero-order valence-corrected chi connectivity index (χ0v) is 15.1. The van der Waals surface area contributed by atoms with E-state index >= 15 is 0 Å². The number of allylic oxidation sites excluding steroid dienone is 3. The van der Waals surface area contributed by atoms with Crippen molar-refractivity contribution in [1.82, 2.24) is 5.32 Å². The molecule has 26 heavy (non-hydrogen) atoms. The topological polar surface area (TPSA) is 64.6 Å². The molecule has 138 valence electrons. The first-order valence-corrected chi connectivity index (χ1v) is 8.71. The van der Waals surface area contributed by atoms with E-state index in [0.717, 1.165) is 24.2 Å². The van der Waals surface area contributed by atoms with Gasteiger partial charge in [0.2, 0.25) is 0 Å². The van der Waals surface area contributed by atoms with Crippen LogP contribution < -0.4 is 5.32 Å². The molecule has 1 aliphatic heterocycles. The van der Waals surface area contributed by atoms with Gasteiger partial charge in [-0.15, -0.1) is 0 Å². The number of dihydropyridines is 1. The predicted molar refractivity (Wildman–Crippen MR) is 93.5 cm³/mol. The van der Waals surface area contributed by atoms with E-state index in [0.29, 0.717) is 23.3 Å². The number of hydrogen-bond donors (Lipinski definition) is 1. The number of ketones is 1. The van der Waals surface area contributed by atoms with Crippen LogP contribution in [0.15, 0.2) is 47.0 Å². The molecule has 1 atom stereocenters. The lowest BCUT2D eigenvalue weighted by Gasteiger charge is -2.36. The van der Waals surface area contributed by atoms with Gasteiger partial charge in [0.1, 0.15) is 11.6 Å². The molecule has 1 aromatic rings. The number of carbonyl (C=O) groups excluding carboxylic acids is 2. The highest BCUT2D eigenvalue weighted by Gasteiger charge is 2.39. The Morgan fingerprint density at radius 2 is 1.92 bits per heavy atom. The molecule has 2 aliphatic rings. The molecular weight excluding hydrogens is 337 g/mol. The lowest BCUT2D eigenvalue weighted by molar-refractivity contribution is -0.116. The number of halogens is 1. The highest BCUT2D eigenvalue weighted by molar-refractivity contribution is 5.99. The van der Waals surface area contributed by atoms with Crippen molar-refractivity contribution in [3.8, 4) is 0 Å². The summed E-state index contributed by atoms with van der Waals surface area (Å²) in [5, 5.41) is 3.31. The minimum absolute atomic E-state index is 0.0156. The van der Waals surface area contributed by atoms with Gasteiger partial charge < -0.3 is 14.8 Å². The predicted octanol–water partition coefficient (Wildman–Crippen LogP) is 4.17. The van der Waals surface area contributed by atoms with Crippen molar-refractivity contribution in [2.75, 3.05) is 7.11 Å². The number of rotatable bonds is 3. The smallest absolute Gasteiger partial charge is 0.437 e. The van der Waals surface area contributed by atoms with Crippen LogP contribution in [-0.4, -0.2) is 19.0 Å². The summed E-state index contributed by atoms with van der Waals surface area (Å²) in [4.78, 5) is 24.5. The van der Waals surface area contributed by atoms with E-state index in [4.69, 9.17) is 4.74 Å². The molecule has 0 saturated heterocycles. The van der Waals surface area contributed by atoms with Crippen molar-refractivity contribution >= 4 is 11.9 Å². The number of nitrogens with one attached hydrogen (secondary N) is 1. The average Bonchev–Trinajstić information content (AvgIpc) is 2.62. The third kappa shape index (κ3) is 3.36. The van der Waals surface area contributed by atoms with E-state index in [1.165, 1.54) is 19.2 Å². The molecule has 0 radical (unpaired) electrons. The molecule has 1 unspecified atom stereocenters. The molecule has 3 rings (SSSR count). The fourth-order valence-corrected chi connectivity index (χ4v) is 3.49. The zero-order valence-electron chi connectivity index (χ0n) is 15.1. The van der Waals surface area contributed by atoms with Crippen molar-refractivity contribution in [2.45, 2.75) is 39.0 Å². The van der Waals surface area contributed by atoms with Crippen LogP contribution in [0.3, 0.4) is 0 Å². The van der Waals surface area contributed by atoms with E-state index in [9.17, 15) is 14.0 Å². The van der Waals surface area contributed by atoms with E-state index < -0.39 is 12.1 Å². The SMILES string of the molecule is COC(=O)OC1=C(C(C)C)NC2=C(C(=O)CCC2)C1c1ccc(F)cc1. The maximum atomic E-state index is 13.4. The fraction of sp³-hybridized carbons (Fsp3) is 0.400. The lowest BCUT2D eigenvalue weighted by atomic mass is 9.77. The number of hydrogen-bond acceptors (Lipinski definition) is 5. The van der Waals surface area contributed by atoms with Gasteiger partial charge in [-0.2, -0.15) is 0 Å². The summed E-state index contributed by atoms with van der Waals surface area (Å²) < 4.78 is 23.6. The summed E-state index contributed by atoms with van der Waals surface area (Å²) in [6, 6.07) is 5.93. The molecule has 0 fully saturated rings. The summed E-state index contributed by atoms with van der Waals surface area (Å²) in [5.41, 5.74) is 2.88. The van der Waals surface area contributed by atoms with Crippen LogP contribution in [0, 0.1) is 11.7 Å². The summed E-state index contributed by atoms with van der Waals surface area (Å²) in [6.45, 7) is 3.95. The average molecular weight is 359 g/mol. The second-order valence-electron chi connectivity index (χ2n) is 6.77. The van der Waals surface area contributed by atoms with Gasteiger partial charge in [0.05, 0.1) is 18.7 Å². The zero-order chi connectivity index (χ0) is 18.8. The van der Waals surface area contributed by atoms with Gasteiger partial charge in [0, 0.05) is 17.7 Å². The summed E-state index contributed by atoms with van der Waals surface area (Å²) in [7, 11) is 1.23. The molecule has 1 aliphatic carbocycles. The van der Waals surface area contributed by atoms with Crippen molar-refractivity contribution in [1.29, 1.82) is 0 Å². The summed E-state index contributed by atoms with van der Waals surface area (Å²) in [5.74, 6) is -0.538. The van der Waals surface area contributed by atoms with Crippen LogP contribution in [0.25, 0.3) is 0 Å². The van der Waals surface area contributed by atoms with Crippen molar-refractivity contribution in [3.63, 3.8) is 0 Å². The number of carbonyl (C=O) groups is 2. The quantitative estimate of drug-likeness (QED) is 0.821. The molecule has 0 saturated carbocycles. The number of methoxy groups -OCH3 is 1. The van der Waals surface area contributed by atoms with Crippen molar-refractivity contribution in [3.05, 3.63) is 58.4 Å². The second-order valence-corrected chi connectivity index (χ2v) is 6.77. The molecule has 1 heterocycles. The Hall–Kier alpha value is -2.63. The van der Waals surface area contributed by atoms with Crippen LogP contribution in [0.2, 0.25) is 0 Å². The van der Waals surface area contributed by atoms with Crippen LogP contribution in [0.1, 0.15) is 44.6 Å². The van der Waals surface area contributed by atoms with Crippen molar-refractivity contribution in [2.24, 2.45) is 5.92 Å². The maximum Gasteiger partial charge on any atom is 0.513 e. The summed E-state index contributed by atoms with van der Waals surface area (Å²) >= 11 is 0. The maximum absolute atomic E-state index is 13.4. The van der Waals surface area contributed by atoms with Crippen LogP contribution in [-0.2, 0) is 14.3 Å². The van der Waals surface area contributed by atoms with Gasteiger partial charge in [-0.1, -0.05) is 26.0 Å². The molecule has 0 bridgehead atoms. The second kappa shape index (κ2) is 7.32. The van der Waals surface area contributed by atoms with Crippen molar-refractivity contribution < 1.29 is 23.5 Å². The Kier molecular flexibility index (Phi) is 5.11. The Morgan fingerprint density at radius 3 is 2.54 bits per heavy atom. The van der Waals surface area contributed by atoms with Crippen LogP contribution in [0.4, 0.5) is 9.18 Å². The first-order chi connectivity index (χ1) is 12.4. The lowest BCUT2D eigenvalue weighted by Crippen LogP contribution is -2.35. The Morgan fingerprint density at radius 1 is 1.23 bits per heavy atom. The first kappa shape index (κ1) is 18.2. The molecule has 6 heteroatoms. The molecule has 1 N–H and O–H groups in total. The van der Waals surface area contributed by atoms with Crippen LogP contribution in [0.5, 0.6) is 0 Å². The highest BCUT2D eigenvalue weighted by Crippen LogP contribution is 2.43. The molecule has 0 aromatic heterocycles. The minimum atomic E-state index is -0.848. The molecule has 1 aromatic carbocycles. The molecule has 5 nitrogen and oxygen atoms in total. The van der Waals surface area contributed by atoms with Gasteiger partial charge in [-0.3, -0.25) is 4.79 Å². The molecular formula is C20H22FNO4. The Labute approximate surface area is 151 Å². The van der Waals surface area contributed by atoms with E-state index in [1.54, 1.807) is 12.1 Å². The fourth-order valence-electron chi connectivity index (χ4n) is 3.49. The largest absolute Gasteiger partial charge is 0.513 e. The third-order valence-electron chi connectivity index (χ3n) is 4.70. The Bertz CT molecular complexity index is 793. The third-order valence-corrected chi connectivity index (χ3v) is 4.70. The van der Waals surface area contributed by atoms with E-state index in [2.05, 4.69) is 10.1 Å². The van der Waals surface area contributed by atoms with Gasteiger partial charge in [-0.05, 0) is 36.5 Å². The van der Waals surface area contributed by atoms with Gasteiger partial charge >= 0.3 is 6.16 Å². The summed E-state index contributed by atoms with van der Waals surface area (Å²) in [6.07, 6.45) is 1.13. The minimum Gasteiger partial charge on any atom is -0.437 e.